The molecule has 1 aromatic heterocycles. The topological polar surface area (TPSA) is 42.1 Å². The number of allylic oxidation sites excluding steroid dienone is 2. The van der Waals surface area contributed by atoms with Crippen LogP contribution in [0.1, 0.15) is 32.4 Å². The Morgan fingerprint density at radius 2 is 2.14 bits per heavy atom. The minimum absolute atomic E-state index is 0.00279. The first-order valence-corrected chi connectivity index (χ1v) is 6.70. The lowest BCUT2D eigenvalue weighted by atomic mass is 10.1. The van der Waals surface area contributed by atoms with Crippen molar-refractivity contribution in [1.82, 2.24) is 4.98 Å². The van der Waals surface area contributed by atoms with Crippen LogP contribution in [0.15, 0.2) is 42.6 Å². The normalized spacial score (nSPS) is 13.4. The molecule has 0 aromatic carbocycles. The van der Waals surface area contributed by atoms with Gasteiger partial charge in [-0.05, 0) is 30.5 Å². The van der Waals surface area contributed by atoms with Gasteiger partial charge in [-0.3, -0.25) is 5.01 Å². The van der Waals surface area contributed by atoms with Gasteiger partial charge in [0, 0.05) is 0 Å². The summed E-state index contributed by atoms with van der Waals surface area (Å²) in [7, 11) is 0. The predicted molar refractivity (Wildman–Crippen MR) is 78.3 cm³/mol. The van der Waals surface area contributed by atoms with E-state index in [-0.39, 0.29) is 5.82 Å². The number of aromatic nitrogens is 1. The Balaban J connectivity index is 2.79. The summed E-state index contributed by atoms with van der Waals surface area (Å²) in [6.45, 7) is 7.94. The molecule has 1 atom stereocenters. The van der Waals surface area contributed by atoms with Gasteiger partial charge in [0.15, 0.2) is 0 Å². The van der Waals surface area contributed by atoms with Crippen LogP contribution in [-0.4, -0.2) is 4.98 Å². The molecule has 0 aliphatic heterocycles. The SMILES string of the molecule is C=C(/C=C\C[C@@H](C)CC)N(N)c1cccc(C(F)(F)F)n1. The van der Waals surface area contributed by atoms with Crippen molar-refractivity contribution >= 4 is 5.82 Å². The van der Waals surface area contributed by atoms with E-state index in [1.807, 2.05) is 6.08 Å². The van der Waals surface area contributed by atoms with Crippen LogP contribution in [0.3, 0.4) is 0 Å². The highest BCUT2D eigenvalue weighted by molar-refractivity contribution is 5.46. The van der Waals surface area contributed by atoms with Crippen molar-refractivity contribution in [3.63, 3.8) is 0 Å². The number of alkyl halides is 3. The second-order valence-electron chi connectivity index (χ2n) is 4.89. The van der Waals surface area contributed by atoms with Crippen molar-refractivity contribution in [3.8, 4) is 0 Å². The molecule has 116 valence electrons. The van der Waals surface area contributed by atoms with Crippen molar-refractivity contribution in [2.75, 3.05) is 5.01 Å². The smallest absolute Gasteiger partial charge is 0.263 e. The summed E-state index contributed by atoms with van der Waals surface area (Å²) >= 11 is 0. The van der Waals surface area contributed by atoms with Crippen molar-refractivity contribution in [3.05, 3.63) is 48.3 Å². The second-order valence-corrected chi connectivity index (χ2v) is 4.89. The summed E-state index contributed by atoms with van der Waals surface area (Å²) in [6, 6.07) is 3.57. The Bertz CT molecular complexity index is 509. The monoisotopic (exact) mass is 299 g/mol. The lowest BCUT2D eigenvalue weighted by Crippen LogP contribution is -2.30. The van der Waals surface area contributed by atoms with Gasteiger partial charge >= 0.3 is 6.18 Å². The van der Waals surface area contributed by atoms with Gasteiger partial charge in [-0.1, -0.05) is 39.0 Å². The molecule has 0 saturated carbocycles. The lowest BCUT2D eigenvalue weighted by Gasteiger charge is -2.19. The van der Waals surface area contributed by atoms with Crippen LogP contribution in [0, 0.1) is 5.92 Å². The highest BCUT2D eigenvalue weighted by Crippen LogP contribution is 2.28. The molecule has 1 heterocycles. The summed E-state index contributed by atoms with van der Waals surface area (Å²) in [5.41, 5.74) is -0.600. The number of hydrazine groups is 1. The maximum absolute atomic E-state index is 12.6. The van der Waals surface area contributed by atoms with E-state index in [0.29, 0.717) is 11.6 Å². The minimum Gasteiger partial charge on any atom is -0.263 e. The van der Waals surface area contributed by atoms with E-state index in [0.717, 1.165) is 23.9 Å². The zero-order valence-corrected chi connectivity index (χ0v) is 12.2. The fourth-order valence-electron chi connectivity index (χ4n) is 1.55. The van der Waals surface area contributed by atoms with E-state index >= 15 is 0 Å². The van der Waals surface area contributed by atoms with Crippen LogP contribution in [0.2, 0.25) is 0 Å². The van der Waals surface area contributed by atoms with Gasteiger partial charge in [0.05, 0.1) is 5.70 Å². The van der Waals surface area contributed by atoms with E-state index < -0.39 is 11.9 Å². The Morgan fingerprint density at radius 3 is 2.71 bits per heavy atom. The largest absolute Gasteiger partial charge is 0.433 e. The van der Waals surface area contributed by atoms with E-state index in [9.17, 15) is 13.2 Å². The quantitative estimate of drug-likeness (QED) is 0.484. The fraction of sp³-hybridized carbons (Fsp3) is 0.400. The third kappa shape index (κ3) is 5.23. The van der Waals surface area contributed by atoms with E-state index in [1.54, 1.807) is 6.08 Å². The average Bonchev–Trinajstić information content (AvgIpc) is 2.45. The standard InChI is InChI=1S/C15H20F3N3/c1-4-11(2)7-5-8-12(3)21(19)14-10-6-9-13(20-14)15(16,17)18/h5-6,8-11H,3-4,7,19H2,1-2H3/b8-5-/t11-/m0/s1. The summed E-state index contributed by atoms with van der Waals surface area (Å²) in [5.74, 6) is 6.29. The highest BCUT2D eigenvalue weighted by Gasteiger charge is 2.32. The second kappa shape index (κ2) is 7.26. The first kappa shape index (κ1) is 17.2. The molecule has 0 bridgehead atoms. The number of halogens is 3. The van der Waals surface area contributed by atoms with E-state index in [1.165, 1.54) is 12.1 Å². The van der Waals surface area contributed by atoms with Gasteiger partial charge in [0.2, 0.25) is 0 Å². The maximum atomic E-state index is 12.6. The molecule has 0 aliphatic rings. The highest BCUT2D eigenvalue weighted by atomic mass is 19.4. The van der Waals surface area contributed by atoms with Crippen molar-refractivity contribution < 1.29 is 13.2 Å². The first-order chi connectivity index (χ1) is 9.75. The molecule has 1 aromatic rings. The molecule has 21 heavy (non-hydrogen) atoms. The zero-order valence-electron chi connectivity index (χ0n) is 12.2. The van der Waals surface area contributed by atoms with Crippen LogP contribution >= 0.6 is 0 Å². The average molecular weight is 299 g/mol. The molecule has 0 fully saturated rings. The van der Waals surface area contributed by atoms with Crippen LogP contribution in [0.4, 0.5) is 19.0 Å². The van der Waals surface area contributed by atoms with Gasteiger partial charge < -0.3 is 0 Å². The maximum Gasteiger partial charge on any atom is 0.433 e. The molecule has 0 radical (unpaired) electrons. The van der Waals surface area contributed by atoms with Crippen LogP contribution in [0.25, 0.3) is 0 Å². The zero-order chi connectivity index (χ0) is 16.0. The van der Waals surface area contributed by atoms with Gasteiger partial charge in [0.25, 0.3) is 0 Å². The van der Waals surface area contributed by atoms with Gasteiger partial charge in [-0.25, -0.2) is 10.8 Å². The predicted octanol–water partition coefficient (Wildman–Crippen LogP) is 4.29. The Morgan fingerprint density at radius 1 is 1.48 bits per heavy atom. The summed E-state index contributed by atoms with van der Waals surface area (Å²) in [5, 5.41) is 1.04. The number of nitrogens with two attached hydrogens (primary N) is 1. The lowest BCUT2D eigenvalue weighted by molar-refractivity contribution is -0.141. The van der Waals surface area contributed by atoms with Gasteiger partial charge in [-0.2, -0.15) is 13.2 Å². The molecule has 2 N–H and O–H groups in total. The molecule has 0 saturated heterocycles. The Kier molecular flexibility index (Phi) is 5.96. The Labute approximate surface area is 122 Å². The number of nitrogens with zero attached hydrogens (tertiary/aromatic N) is 2. The summed E-state index contributed by atoms with van der Waals surface area (Å²) in [4.78, 5) is 3.51. The molecular formula is C15H20F3N3. The molecule has 0 unspecified atom stereocenters. The fourth-order valence-corrected chi connectivity index (χ4v) is 1.55. The molecule has 0 amide bonds. The summed E-state index contributed by atoms with van der Waals surface area (Å²) in [6.07, 6.45) is 1.01. The number of anilines is 1. The van der Waals surface area contributed by atoms with E-state index in [2.05, 4.69) is 25.4 Å². The van der Waals surface area contributed by atoms with Crippen molar-refractivity contribution in [1.29, 1.82) is 0 Å². The van der Waals surface area contributed by atoms with Crippen LogP contribution in [-0.2, 0) is 6.18 Å². The molecule has 1 rings (SSSR count). The van der Waals surface area contributed by atoms with Crippen molar-refractivity contribution in [2.45, 2.75) is 32.9 Å². The molecule has 0 aliphatic carbocycles. The van der Waals surface area contributed by atoms with Crippen LogP contribution in [0.5, 0.6) is 0 Å². The molecular weight excluding hydrogens is 279 g/mol. The van der Waals surface area contributed by atoms with Crippen molar-refractivity contribution in [2.24, 2.45) is 11.8 Å². The number of hydrogen-bond donors (Lipinski definition) is 1. The number of pyridine rings is 1. The molecule has 6 heteroatoms. The van der Waals surface area contributed by atoms with Gasteiger partial charge in [-0.15, -0.1) is 0 Å². The Hall–Kier alpha value is -1.82. The third-order valence-corrected chi connectivity index (χ3v) is 3.13. The molecule has 0 spiro atoms. The van der Waals surface area contributed by atoms with Crippen LogP contribution < -0.4 is 10.9 Å². The summed E-state index contributed by atoms with van der Waals surface area (Å²) < 4.78 is 37.8. The first-order valence-electron chi connectivity index (χ1n) is 6.70. The molecule has 3 nitrogen and oxygen atoms in total. The third-order valence-electron chi connectivity index (χ3n) is 3.13. The minimum atomic E-state index is -4.50. The number of rotatable bonds is 6. The number of hydrogen-bond acceptors (Lipinski definition) is 3. The van der Waals surface area contributed by atoms with Gasteiger partial charge in [0.1, 0.15) is 11.5 Å². The van der Waals surface area contributed by atoms with E-state index in [4.69, 9.17) is 5.84 Å².